The van der Waals surface area contributed by atoms with E-state index in [2.05, 4.69) is 18.7 Å². The average molecular weight is 256 g/mol. The fourth-order valence-corrected chi connectivity index (χ4v) is 2.04. The van der Waals surface area contributed by atoms with Crippen molar-refractivity contribution < 1.29 is 9.53 Å². The lowest BCUT2D eigenvalue weighted by Crippen LogP contribution is -2.55. The van der Waals surface area contributed by atoms with E-state index in [0.29, 0.717) is 25.1 Å². The third kappa shape index (κ3) is 4.94. The smallest absolute Gasteiger partial charge is 0.327 e. The molecule has 1 aliphatic rings. The van der Waals surface area contributed by atoms with Crippen molar-refractivity contribution in [2.45, 2.75) is 58.5 Å². The number of carbonyl (C=O) groups is 1. The molecule has 1 saturated carbocycles. The molecule has 1 unspecified atom stereocenters. The van der Waals surface area contributed by atoms with Crippen molar-refractivity contribution >= 4 is 5.97 Å². The maximum absolute atomic E-state index is 11.8. The van der Waals surface area contributed by atoms with Gasteiger partial charge < -0.3 is 10.5 Å². The van der Waals surface area contributed by atoms with Crippen LogP contribution < -0.4 is 5.73 Å². The van der Waals surface area contributed by atoms with E-state index < -0.39 is 5.54 Å². The monoisotopic (exact) mass is 256 g/mol. The second kappa shape index (κ2) is 6.53. The number of carbonyl (C=O) groups excluding carboxylic acids is 1. The van der Waals surface area contributed by atoms with Gasteiger partial charge in [0.15, 0.2) is 0 Å². The number of hydrogen-bond donors (Lipinski definition) is 1. The van der Waals surface area contributed by atoms with Gasteiger partial charge in [-0.2, -0.15) is 0 Å². The first kappa shape index (κ1) is 15.4. The molecule has 1 fully saturated rings. The summed E-state index contributed by atoms with van der Waals surface area (Å²) in [6.07, 6.45) is 3.61. The summed E-state index contributed by atoms with van der Waals surface area (Å²) in [6, 6.07) is 0.626. The molecule has 0 radical (unpaired) electrons. The van der Waals surface area contributed by atoms with E-state index in [4.69, 9.17) is 10.5 Å². The Kier molecular flexibility index (Phi) is 5.60. The number of nitrogens with two attached hydrogens (primary N) is 1. The Morgan fingerprint density at radius 2 is 2.11 bits per heavy atom. The van der Waals surface area contributed by atoms with Crippen molar-refractivity contribution in [3.05, 3.63) is 0 Å². The van der Waals surface area contributed by atoms with Gasteiger partial charge in [0.25, 0.3) is 0 Å². The SMILES string of the molecule is CCOC(=O)C(C)(N)CN(CCC(C)C)C1CC1. The Morgan fingerprint density at radius 1 is 1.50 bits per heavy atom. The van der Waals surface area contributed by atoms with Gasteiger partial charge in [0.2, 0.25) is 0 Å². The van der Waals surface area contributed by atoms with Gasteiger partial charge in [-0.3, -0.25) is 9.69 Å². The van der Waals surface area contributed by atoms with E-state index in [9.17, 15) is 4.79 Å². The Bertz CT molecular complexity index is 273. The minimum Gasteiger partial charge on any atom is -0.465 e. The number of rotatable bonds is 8. The van der Waals surface area contributed by atoms with Gasteiger partial charge >= 0.3 is 5.97 Å². The molecular formula is C14H28N2O2. The molecule has 1 atom stereocenters. The zero-order valence-electron chi connectivity index (χ0n) is 12.2. The van der Waals surface area contributed by atoms with Gasteiger partial charge in [0.1, 0.15) is 5.54 Å². The largest absolute Gasteiger partial charge is 0.465 e. The van der Waals surface area contributed by atoms with Gasteiger partial charge in [-0.1, -0.05) is 13.8 Å². The summed E-state index contributed by atoms with van der Waals surface area (Å²) < 4.78 is 5.04. The molecular weight excluding hydrogens is 228 g/mol. The number of hydrogen-bond acceptors (Lipinski definition) is 4. The zero-order chi connectivity index (χ0) is 13.8. The average Bonchev–Trinajstić information content (AvgIpc) is 3.08. The Morgan fingerprint density at radius 3 is 2.56 bits per heavy atom. The summed E-state index contributed by atoms with van der Waals surface area (Å²) in [5, 5.41) is 0. The Labute approximate surface area is 111 Å². The highest BCUT2D eigenvalue weighted by Gasteiger charge is 2.37. The summed E-state index contributed by atoms with van der Waals surface area (Å²) in [6.45, 7) is 10.0. The molecule has 0 spiro atoms. The molecule has 4 heteroatoms. The van der Waals surface area contributed by atoms with Crippen molar-refractivity contribution in [1.29, 1.82) is 0 Å². The van der Waals surface area contributed by atoms with Crippen LogP contribution in [-0.2, 0) is 9.53 Å². The van der Waals surface area contributed by atoms with E-state index in [1.807, 2.05) is 6.92 Å². The van der Waals surface area contributed by atoms with E-state index in [1.165, 1.54) is 12.8 Å². The molecule has 0 heterocycles. The summed E-state index contributed by atoms with van der Waals surface area (Å²) in [4.78, 5) is 14.2. The predicted molar refractivity (Wildman–Crippen MR) is 73.3 cm³/mol. The van der Waals surface area contributed by atoms with Gasteiger partial charge in [-0.15, -0.1) is 0 Å². The van der Waals surface area contributed by atoms with Gasteiger partial charge in [0.05, 0.1) is 6.61 Å². The maximum Gasteiger partial charge on any atom is 0.327 e. The molecule has 0 saturated heterocycles. The van der Waals surface area contributed by atoms with Crippen molar-refractivity contribution in [3.63, 3.8) is 0 Å². The lowest BCUT2D eigenvalue weighted by Gasteiger charge is -2.31. The van der Waals surface area contributed by atoms with Crippen molar-refractivity contribution in [3.8, 4) is 0 Å². The van der Waals surface area contributed by atoms with Gasteiger partial charge in [-0.25, -0.2) is 0 Å². The lowest BCUT2D eigenvalue weighted by atomic mass is 10.0. The van der Waals surface area contributed by atoms with Gasteiger partial charge in [0, 0.05) is 12.6 Å². The highest BCUT2D eigenvalue weighted by atomic mass is 16.5. The molecule has 0 aromatic rings. The standard InChI is InChI=1S/C14H28N2O2/c1-5-18-13(17)14(4,15)10-16(12-6-7-12)9-8-11(2)3/h11-12H,5-10,15H2,1-4H3. The molecule has 0 bridgehead atoms. The molecule has 4 nitrogen and oxygen atoms in total. The molecule has 1 aliphatic carbocycles. The van der Waals surface area contributed by atoms with Crippen LogP contribution in [0.2, 0.25) is 0 Å². The van der Waals surface area contributed by atoms with Crippen molar-refractivity contribution in [1.82, 2.24) is 4.90 Å². The maximum atomic E-state index is 11.8. The third-order valence-corrected chi connectivity index (χ3v) is 3.33. The lowest BCUT2D eigenvalue weighted by molar-refractivity contribution is -0.149. The summed E-state index contributed by atoms with van der Waals surface area (Å²) in [5.74, 6) is 0.387. The molecule has 0 aliphatic heterocycles. The third-order valence-electron chi connectivity index (χ3n) is 3.33. The summed E-state index contributed by atoms with van der Waals surface area (Å²) in [7, 11) is 0. The van der Waals surface area contributed by atoms with Crippen LogP contribution in [0.5, 0.6) is 0 Å². The van der Waals surface area contributed by atoms with Crippen LogP contribution >= 0.6 is 0 Å². The second-order valence-electron chi connectivity index (χ2n) is 6.02. The highest BCUT2D eigenvalue weighted by molar-refractivity contribution is 5.80. The molecule has 0 aromatic carbocycles. The first-order valence-corrected chi connectivity index (χ1v) is 7.07. The van der Waals surface area contributed by atoms with E-state index in [1.54, 1.807) is 6.92 Å². The molecule has 2 N–H and O–H groups in total. The van der Waals surface area contributed by atoms with Crippen LogP contribution in [0.1, 0.15) is 47.0 Å². The van der Waals surface area contributed by atoms with E-state index in [0.717, 1.165) is 13.0 Å². The quantitative estimate of drug-likeness (QED) is 0.673. The van der Waals surface area contributed by atoms with Gasteiger partial charge in [-0.05, 0) is 45.6 Å². The van der Waals surface area contributed by atoms with Crippen LogP contribution in [0, 0.1) is 5.92 Å². The molecule has 1 rings (SSSR count). The van der Waals surface area contributed by atoms with Crippen molar-refractivity contribution in [2.75, 3.05) is 19.7 Å². The highest BCUT2D eigenvalue weighted by Crippen LogP contribution is 2.28. The van der Waals surface area contributed by atoms with Crippen LogP contribution in [0.15, 0.2) is 0 Å². The second-order valence-corrected chi connectivity index (χ2v) is 6.02. The zero-order valence-corrected chi connectivity index (χ0v) is 12.2. The number of esters is 1. The summed E-state index contributed by atoms with van der Waals surface area (Å²) >= 11 is 0. The first-order chi connectivity index (χ1) is 8.36. The molecule has 18 heavy (non-hydrogen) atoms. The minimum atomic E-state index is -0.893. The number of nitrogens with zero attached hydrogens (tertiary/aromatic N) is 1. The molecule has 0 aromatic heterocycles. The van der Waals surface area contributed by atoms with Crippen LogP contribution in [0.3, 0.4) is 0 Å². The molecule has 106 valence electrons. The van der Waals surface area contributed by atoms with Crippen LogP contribution in [-0.4, -0.2) is 42.1 Å². The Hall–Kier alpha value is -0.610. The fourth-order valence-electron chi connectivity index (χ4n) is 2.04. The van der Waals surface area contributed by atoms with Crippen LogP contribution in [0.25, 0.3) is 0 Å². The van der Waals surface area contributed by atoms with E-state index in [-0.39, 0.29) is 5.97 Å². The predicted octanol–water partition coefficient (Wildman–Crippen LogP) is 1.78. The van der Waals surface area contributed by atoms with E-state index >= 15 is 0 Å². The van der Waals surface area contributed by atoms with Crippen molar-refractivity contribution in [2.24, 2.45) is 11.7 Å². The normalized spacial score (nSPS) is 19.1. The fraction of sp³-hybridized carbons (Fsp3) is 0.929. The van der Waals surface area contributed by atoms with Crippen LogP contribution in [0.4, 0.5) is 0 Å². The topological polar surface area (TPSA) is 55.6 Å². The Balaban J connectivity index is 2.51. The first-order valence-electron chi connectivity index (χ1n) is 7.07. The number of ether oxygens (including phenoxy) is 1. The summed E-state index contributed by atoms with van der Waals surface area (Å²) in [5.41, 5.74) is 5.21. The molecule has 0 amide bonds. The minimum absolute atomic E-state index is 0.291.